The van der Waals surface area contributed by atoms with Gasteiger partial charge in [0.1, 0.15) is 11.5 Å². The van der Waals surface area contributed by atoms with Crippen molar-refractivity contribution in [1.82, 2.24) is 4.90 Å². The van der Waals surface area contributed by atoms with E-state index in [0.29, 0.717) is 29.2 Å². The number of allylic oxidation sites excluding steroid dienone is 1. The van der Waals surface area contributed by atoms with E-state index in [-0.39, 0.29) is 11.5 Å². The average molecular weight is 414 g/mol. The summed E-state index contributed by atoms with van der Waals surface area (Å²) in [5.74, 6) is 0.899. The summed E-state index contributed by atoms with van der Waals surface area (Å²) in [4.78, 5) is 15.2. The van der Waals surface area contributed by atoms with E-state index >= 15 is 0 Å². The van der Waals surface area contributed by atoms with Crippen molar-refractivity contribution in [2.24, 2.45) is 0 Å². The molecular weight excluding hydrogens is 394 g/mol. The van der Waals surface area contributed by atoms with Gasteiger partial charge in [0.05, 0.1) is 11.1 Å². The number of hydrogen-bond donors (Lipinski definition) is 1. The summed E-state index contributed by atoms with van der Waals surface area (Å²) in [6.07, 6.45) is 4.09. The van der Waals surface area contributed by atoms with Gasteiger partial charge in [-0.05, 0) is 68.3 Å². The van der Waals surface area contributed by atoms with Gasteiger partial charge in [0.15, 0.2) is 5.76 Å². The Morgan fingerprint density at radius 3 is 2.62 bits per heavy atom. The summed E-state index contributed by atoms with van der Waals surface area (Å²) in [5, 5.41) is 10.5. The summed E-state index contributed by atoms with van der Waals surface area (Å²) in [6.45, 7) is 4.46. The van der Waals surface area contributed by atoms with E-state index < -0.39 is 0 Å². The van der Waals surface area contributed by atoms with Crippen LogP contribution in [0.1, 0.15) is 39.9 Å². The van der Waals surface area contributed by atoms with Crippen molar-refractivity contribution in [3.05, 3.63) is 62.8 Å². The van der Waals surface area contributed by atoms with Crippen LogP contribution < -0.4 is 4.74 Å². The highest BCUT2D eigenvalue weighted by Crippen LogP contribution is 2.42. The molecule has 0 unspecified atom stereocenters. The number of ether oxygens (including phenoxy) is 1. The first kappa shape index (κ1) is 17.3. The van der Waals surface area contributed by atoms with E-state index in [2.05, 4.69) is 20.8 Å². The third-order valence-corrected chi connectivity index (χ3v) is 5.50. The number of halogens is 1. The van der Waals surface area contributed by atoms with Gasteiger partial charge >= 0.3 is 0 Å². The maximum atomic E-state index is 12.9. The van der Waals surface area contributed by atoms with Crippen LogP contribution in [0.4, 0.5) is 0 Å². The molecule has 0 spiro atoms. The minimum atomic E-state index is -0.122. The van der Waals surface area contributed by atoms with Crippen LogP contribution in [0.3, 0.4) is 0 Å². The van der Waals surface area contributed by atoms with E-state index in [0.717, 1.165) is 28.7 Å². The lowest BCUT2D eigenvalue weighted by Crippen LogP contribution is -2.19. The summed E-state index contributed by atoms with van der Waals surface area (Å²) in [7, 11) is 0. The van der Waals surface area contributed by atoms with Gasteiger partial charge in [-0.15, -0.1) is 0 Å². The van der Waals surface area contributed by atoms with Gasteiger partial charge in [-0.25, -0.2) is 0 Å². The molecule has 1 saturated heterocycles. The van der Waals surface area contributed by atoms with Gasteiger partial charge in [0.25, 0.3) is 0 Å². The van der Waals surface area contributed by atoms with Crippen LogP contribution in [0.5, 0.6) is 11.5 Å². The first-order chi connectivity index (χ1) is 12.5. The number of rotatable bonds is 3. The van der Waals surface area contributed by atoms with E-state index in [1.807, 2.05) is 31.2 Å². The van der Waals surface area contributed by atoms with Crippen molar-refractivity contribution in [2.75, 3.05) is 13.1 Å². The Bertz CT molecular complexity index is 896. The number of fused-ring (bicyclic) bond motifs is 1. The van der Waals surface area contributed by atoms with Crippen molar-refractivity contribution >= 4 is 27.8 Å². The third-order valence-electron chi connectivity index (χ3n) is 4.97. The molecule has 134 valence electrons. The van der Waals surface area contributed by atoms with Crippen molar-refractivity contribution in [3.63, 3.8) is 0 Å². The van der Waals surface area contributed by atoms with Crippen molar-refractivity contribution < 1.29 is 14.6 Å². The number of ketones is 1. The molecule has 0 aliphatic carbocycles. The Morgan fingerprint density at radius 2 is 1.92 bits per heavy atom. The molecular formula is C21H20BrNO3. The van der Waals surface area contributed by atoms with E-state index in [4.69, 9.17) is 4.74 Å². The van der Waals surface area contributed by atoms with Crippen LogP contribution in [-0.2, 0) is 6.54 Å². The molecule has 26 heavy (non-hydrogen) atoms. The lowest BCUT2D eigenvalue weighted by molar-refractivity contribution is 0.101. The minimum Gasteiger partial charge on any atom is -0.507 e. The Hall–Kier alpha value is -2.11. The lowest BCUT2D eigenvalue weighted by Gasteiger charge is -2.18. The molecule has 2 aromatic carbocycles. The Labute approximate surface area is 161 Å². The number of hydrogen-bond acceptors (Lipinski definition) is 4. The van der Waals surface area contributed by atoms with Crippen LogP contribution in [0, 0.1) is 6.92 Å². The van der Waals surface area contributed by atoms with Gasteiger partial charge in [-0.1, -0.05) is 28.1 Å². The number of Topliss-reactive ketones (excluding diaryl/α,β-unsaturated/α-hetero) is 1. The normalized spacial score (nSPS) is 18.4. The van der Waals surface area contributed by atoms with Gasteiger partial charge in [0.2, 0.25) is 5.78 Å². The highest BCUT2D eigenvalue weighted by atomic mass is 79.9. The van der Waals surface area contributed by atoms with Gasteiger partial charge in [-0.2, -0.15) is 0 Å². The second-order valence-electron chi connectivity index (χ2n) is 6.87. The smallest absolute Gasteiger partial charge is 0.232 e. The fourth-order valence-corrected chi connectivity index (χ4v) is 3.87. The topological polar surface area (TPSA) is 49.8 Å². The zero-order valence-electron chi connectivity index (χ0n) is 14.6. The molecule has 5 heteroatoms. The number of benzene rings is 2. The highest BCUT2D eigenvalue weighted by molar-refractivity contribution is 9.10. The number of phenols is 1. The first-order valence-electron chi connectivity index (χ1n) is 8.80. The second-order valence-corrected chi connectivity index (χ2v) is 7.79. The molecule has 0 radical (unpaired) electrons. The van der Waals surface area contributed by atoms with E-state index in [1.54, 1.807) is 12.1 Å². The standard InChI is InChI=1S/C21H20BrNO3/c1-13-10-17(24)16(12-23-8-2-3-9-23)21-19(13)20(25)18(26-21)11-14-4-6-15(22)7-5-14/h4-7,10-11,24H,2-3,8-9,12H2,1H3/b18-11-. The number of nitrogens with zero attached hydrogens (tertiary/aromatic N) is 1. The number of aromatic hydroxyl groups is 1. The van der Waals surface area contributed by atoms with E-state index in [1.165, 1.54) is 12.8 Å². The maximum Gasteiger partial charge on any atom is 0.232 e. The van der Waals surface area contributed by atoms with Crippen molar-refractivity contribution in [1.29, 1.82) is 0 Å². The van der Waals surface area contributed by atoms with Crippen LogP contribution in [0.2, 0.25) is 0 Å². The number of phenolic OH excluding ortho intramolecular Hbond substituents is 1. The zero-order chi connectivity index (χ0) is 18.3. The maximum absolute atomic E-state index is 12.9. The minimum absolute atomic E-state index is 0.122. The van der Waals surface area contributed by atoms with Crippen LogP contribution in [0.15, 0.2) is 40.6 Å². The monoisotopic (exact) mass is 413 g/mol. The number of likely N-dealkylation sites (tertiary alicyclic amines) is 1. The molecule has 0 saturated carbocycles. The third kappa shape index (κ3) is 3.17. The first-order valence-corrected chi connectivity index (χ1v) is 9.60. The molecule has 2 heterocycles. The molecule has 0 bridgehead atoms. The van der Waals surface area contributed by atoms with Crippen LogP contribution >= 0.6 is 15.9 Å². The SMILES string of the molecule is Cc1cc(O)c(CN2CCCC2)c2c1C(=O)/C(=C/c1ccc(Br)cc1)O2. The lowest BCUT2D eigenvalue weighted by atomic mass is 9.99. The Kier molecular flexibility index (Phi) is 4.59. The van der Waals surface area contributed by atoms with Gasteiger partial charge < -0.3 is 9.84 Å². The molecule has 0 aromatic heterocycles. The van der Waals surface area contributed by atoms with Crippen LogP contribution in [-0.4, -0.2) is 28.9 Å². The zero-order valence-corrected chi connectivity index (χ0v) is 16.2. The fourth-order valence-electron chi connectivity index (χ4n) is 3.61. The predicted molar refractivity (Wildman–Crippen MR) is 104 cm³/mol. The molecule has 4 rings (SSSR count). The highest BCUT2D eigenvalue weighted by Gasteiger charge is 2.33. The van der Waals surface area contributed by atoms with Crippen molar-refractivity contribution in [3.8, 4) is 11.5 Å². The summed E-state index contributed by atoms with van der Waals surface area (Å²) >= 11 is 3.41. The Balaban J connectivity index is 1.72. The number of carbonyl (C=O) groups excluding carboxylic acids is 1. The quantitative estimate of drug-likeness (QED) is 0.742. The second kappa shape index (κ2) is 6.89. The molecule has 0 amide bonds. The van der Waals surface area contributed by atoms with Gasteiger partial charge in [-0.3, -0.25) is 9.69 Å². The largest absolute Gasteiger partial charge is 0.507 e. The number of aryl methyl sites for hydroxylation is 1. The molecule has 2 aromatic rings. The number of carbonyl (C=O) groups is 1. The van der Waals surface area contributed by atoms with Crippen molar-refractivity contribution in [2.45, 2.75) is 26.3 Å². The fraction of sp³-hybridized carbons (Fsp3) is 0.286. The average Bonchev–Trinajstić information content (AvgIpc) is 3.22. The van der Waals surface area contributed by atoms with Gasteiger partial charge in [0, 0.05) is 11.0 Å². The molecule has 1 N–H and O–H groups in total. The summed E-state index contributed by atoms with van der Waals surface area (Å²) in [6, 6.07) is 9.37. The van der Waals surface area contributed by atoms with Crippen LogP contribution in [0.25, 0.3) is 6.08 Å². The summed E-state index contributed by atoms with van der Waals surface area (Å²) in [5.41, 5.74) is 2.92. The Morgan fingerprint density at radius 1 is 1.23 bits per heavy atom. The van der Waals surface area contributed by atoms with E-state index in [9.17, 15) is 9.90 Å². The molecule has 4 nitrogen and oxygen atoms in total. The molecule has 1 fully saturated rings. The molecule has 0 atom stereocenters. The molecule has 2 aliphatic rings. The molecule has 2 aliphatic heterocycles. The summed E-state index contributed by atoms with van der Waals surface area (Å²) < 4.78 is 6.95. The predicted octanol–water partition coefficient (Wildman–Crippen LogP) is 4.68.